The molecule has 1 atom stereocenters. The number of rotatable bonds is 5. The van der Waals surface area contributed by atoms with Gasteiger partial charge in [0.1, 0.15) is 5.75 Å². The van der Waals surface area contributed by atoms with Crippen molar-refractivity contribution >= 4 is 23.3 Å². The predicted molar refractivity (Wildman–Crippen MR) is 101 cm³/mol. The second-order valence-corrected chi connectivity index (χ2v) is 6.23. The lowest BCUT2D eigenvalue weighted by molar-refractivity contribution is -0.123. The molecule has 0 bridgehead atoms. The van der Waals surface area contributed by atoms with Gasteiger partial charge in [-0.1, -0.05) is 0 Å². The Morgan fingerprint density at radius 2 is 1.70 bits per heavy atom. The van der Waals surface area contributed by atoms with Gasteiger partial charge in [0.25, 0.3) is 5.91 Å². The van der Waals surface area contributed by atoms with E-state index in [1.54, 1.807) is 0 Å². The maximum Gasteiger partial charge on any atom is 0.338 e. The van der Waals surface area contributed by atoms with Gasteiger partial charge in [-0.05, 0) is 55.5 Å². The van der Waals surface area contributed by atoms with Gasteiger partial charge in [-0.15, -0.1) is 0 Å². The monoisotopic (exact) mass is 370 g/mol. The third-order valence-corrected chi connectivity index (χ3v) is 4.27. The smallest absolute Gasteiger partial charge is 0.338 e. The number of hydrogen-bond acceptors (Lipinski definition) is 6. The number of nitrogens with zero attached hydrogens (tertiary/aromatic N) is 1. The zero-order valence-electron chi connectivity index (χ0n) is 15.1. The Morgan fingerprint density at radius 3 is 2.33 bits per heavy atom. The molecule has 7 nitrogen and oxygen atoms in total. The lowest BCUT2D eigenvalue weighted by atomic mass is 10.2. The number of nitrogens with one attached hydrogen (secondary N) is 1. The number of benzene rings is 2. The summed E-state index contributed by atoms with van der Waals surface area (Å²) in [6.07, 6.45) is -0.953. The summed E-state index contributed by atoms with van der Waals surface area (Å²) in [6, 6.07) is 13.2. The zero-order valence-corrected chi connectivity index (χ0v) is 15.1. The van der Waals surface area contributed by atoms with Gasteiger partial charge in [0.15, 0.2) is 6.10 Å². The van der Waals surface area contributed by atoms with Crippen molar-refractivity contribution in [1.82, 2.24) is 0 Å². The van der Waals surface area contributed by atoms with E-state index in [-0.39, 0.29) is 11.3 Å². The van der Waals surface area contributed by atoms with E-state index in [9.17, 15) is 14.7 Å². The van der Waals surface area contributed by atoms with Gasteiger partial charge >= 0.3 is 5.97 Å². The Hall–Kier alpha value is -3.06. The number of carbonyl (C=O) groups excluding carboxylic acids is 2. The number of morpholine rings is 1. The van der Waals surface area contributed by atoms with Crippen molar-refractivity contribution in [3.8, 4) is 5.75 Å². The number of aromatic hydroxyl groups is 1. The lowest BCUT2D eigenvalue weighted by Crippen LogP contribution is -2.36. The Balaban J connectivity index is 1.54. The van der Waals surface area contributed by atoms with E-state index in [2.05, 4.69) is 10.2 Å². The fourth-order valence-corrected chi connectivity index (χ4v) is 2.70. The van der Waals surface area contributed by atoms with Crippen LogP contribution in [-0.2, 0) is 14.3 Å². The third kappa shape index (κ3) is 4.98. The Bertz CT molecular complexity index is 783. The first-order chi connectivity index (χ1) is 13.0. The number of ether oxygens (including phenoxy) is 2. The van der Waals surface area contributed by atoms with Crippen LogP contribution in [-0.4, -0.2) is 49.4 Å². The van der Waals surface area contributed by atoms with E-state index in [4.69, 9.17) is 9.47 Å². The van der Waals surface area contributed by atoms with Crippen LogP contribution in [0.5, 0.6) is 5.75 Å². The van der Waals surface area contributed by atoms with Gasteiger partial charge in [0, 0.05) is 24.5 Å². The third-order valence-electron chi connectivity index (χ3n) is 4.27. The number of esters is 1. The van der Waals surface area contributed by atoms with Crippen LogP contribution in [0.15, 0.2) is 48.5 Å². The molecule has 0 aromatic heterocycles. The van der Waals surface area contributed by atoms with E-state index >= 15 is 0 Å². The van der Waals surface area contributed by atoms with Gasteiger partial charge in [0.2, 0.25) is 0 Å². The summed E-state index contributed by atoms with van der Waals surface area (Å²) in [5.41, 5.74) is 1.97. The highest BCUT2D eigenvalue weighted by atomic mass is 16.5. The standard InChI is InChI=1S/C20H22N2O5/c1-14(27-20(25)15-2-8-18(23)9-3-15)19(24)21-16-4-6-17(7-5-16)22-10-12-26-13-11-22/h2-9,14,23H,10-13H2,1H3,(H,21,24)/t14-/m0/s1. The Labute approximate surface area is 157 Å². The molecule has 2 aromatic carbocycles. The summed E-state index contributed by atoms with van der Waals surface area (Å²) in [7, 11) is 0. The van der Waals surface area contributed by atoms with Crippen LogP contribution in [0.3, 0.4) is 0 Å². The summed E-state index contributed by atoms with van der Waals surface area (Å²) >= 11 is 0. The topological polar surface area (TPSA) is 88.1 Å². The Morgan fingerprint density at radius 1 is 1.07 bits per heavy atom. The van der Waals surface area contributed by atoms with Crippen molar-refractivity contribution in [1.29, 1.82) is 0 Å². The molecular formula is C20H22N2O5. The van der Waals surface area contributed by atoms with Gasteiger partial charge in [0.05, 0.1) is 18.8 Å². The maximum absolute atomic E-state index is 12.3. The van der Waals surface area contributed by atoms with Crippen LogP contribution in [0.25, 0.3) is 0 Å². The molecule has 0 unspecified atom stereocenters. The van der Waals surface area contributed by atoms with Gasteiger partial charge in [-0.25, -0.2) is 4.79 Å². The van der Waals surface area contributed by atoms with Crippen LogP contribution in [0.2, 0.25) is 0 Å². The second-order valence-electron chi connectivity index (χ2n) is 6.23. The molecule has 2 aromatic rings. The van der Waals surface area contributed by atoms with Crippen LogP contribution in [0, 0.1) is 0 Å². The average molecular weight is 370 g/mol. The number of hydrogen-bond donors (Lipinski definition) is 2. The van der Waals surface area contributed by atoms with Crippen LogP contribution in [0.1, 0.15) is 17.3 Å². The normalized spacial score (nSPS) is 15.1. The van der Waals surface area contributed by atoms with Gasteiger partial charge in [-0.3, -0.25) is 4.79 Å². The SMILES string of the molecule is C[C@H](OC(=O)c1ccc(O)cc1)C(=O)Nc1ccc(N2CCOCC2)cc1. The molecule has 0 aliphatic carbocycles. The zero-order chi connectivity index (χ0) is 19.2. The minimum absolute atomic E-state index is 0.0536. The summed E-state index contributed by atoms with van der Waals surface area (Å²) in [5, 5.41) is 12.0. The minimum Gasteiger partial charge on any atom is -0.508 e. The lowest BCUT2D eigenvalue weighted by Gasteiger charge is -2.28. The largest absolute Gasteiger partial charge is 0.508 e. The second kappa shape index (κ2) is 8.55. The molecule has 1 amide bonds. The molecule has 2 N–H and O–H groups in total. The fraction of sp³-hybridized carbons (Fsp3) is 0.300. The first-order valence-electron chi connectivity index (χ1n) is 8.76. The summed E-state index contributed by atoms with van der Waals surface area (Å²) in [4.78, 5) is 26.5. The van der Waals surface area contributed by atoms with Crippen molar-refractivity contribution < 1.29 is 24.2 Å². The van der Waals surface area contributed by atoms with E-state index < -0.39 is 18.0 Å². The molecule has 1 heterocycles. The summed E-state index contributed by atoms with van der Waals surface area (Å²) < 4.78 is 10.5. The minimum atomic E-state index is -0.953. The van der Waals surface area contributed by atoms with E-state index in [1.165, 1.54) is 31.2 Å². The quantitative estimate of drug-likeness (QED) is 0.786. The fourth-order valence-electron chi connectivity index (χ4n) is 2.70. The average Bonchev–Trinajstić information content (AvgIpc) is 2.69. The molecule has 1 aliphatic rings. The number of anilines is 2. The molecule has 1 fully saturated rings. The highest BCUT2D eigenvalue weighted by Crippen LogP contribution is 2.19. The Kier molecular flexibility index (Phi) is 5.93. The summed E-state index contributed by atoms with van der Waals surface area (Å²) in [6.45, 7) is 4.62. The molecule has 1 aliphatic heterocycles. The molecule has 7 heteroatoms. The number of phenolic OH excluding ortho intramolecular Hbond substituents is 1. The van der Waals surface area contributed by atoms with Gasteiger partial charge < -0.3 is 24.8 Å². The van der Waals surface area contributed by atoms with Crippen molar-refractivity contribution in [3.63, 3.8) is 0 Å². The van der Waals surface area contributed by atoms with Crippen molar-refractivity contribution in [2.24, 2.45) is 0 Å². The van der Waals surface area contributed by atoms with Crippen LogP contribution >= 0.6 is 0 Å². The molecule has 0 radical (unpaired) electrons. The van der Waals surface area contributed by atoms with Crippen LogP contribution in [0.4, 0.5) is 11.4 Å². The first-order valence-corrected chi connectivity index (χ1v) is 8.76. The van der Waals surface area contributed by atoms with E-state index in [0.29, 0.717) is 18.9 Å². The molecule has 142 valence electrons. The molecule has 0 spiro atoms. The highest BCUT2D eigenvalue weighted by Gasteiger charge is 2.19. The predicted octanol–water partition coefficient (Wildman–Crippen LogP) is 2.41. The van der Waals surface area contributed by atoms with Crippen molar-refractivity contribution in [2.75, 3.05) is 36.5 Å². The van der Waals surface area contributed by atoms with E-state index in [1.807, 2.05) is 24.3 Å². The molecular weight excluding hydrogens is 348 g/mol. The van der Waals surface area contributed by atoms with E-state index in [0.717, 1.165) is 18.8 Å². The maximum atomic E-state index is 12.3. The first kappa shape index (κ1) is 18.7. The number of carbonyl (C=O) groups is 2. The van der Waals surface area contributed by atoms with Gasteiger partial charge in [-0.2, -0.15) is 0 Å². The summed E-state index contributed by atoms with van der Waals surface area (Å²) in [5.74, 6) is -0.987. The van der Waals surface area contributed by atoms with Crippen molar-refractivity contribution in [3.05, 3.63) is 54.1 Å². The number of phenols is 1. The molecule has 3 rings (SSSR count). The van der Waals surface area contributed by atoms with Crippen molar-refractivity contribution in [2.45, 2.75) is 13.0 Å². The number of amides is 1. The highest BCUT2D eigenvalue weighted by molar-refractivity contribution is 5.97. The molecule has 1 saturated heterocycles. The van der Waals surface area contributed by atoms with Crippen LogP contribution < -0.4 is 10.2 Å². The molecule has 27 heavy (non-hydrogen) atoms. The molecule has 0 saturated carbocycles.